The summed E-state index contributed by atoms with van der Waals surface area (Å²) in [6.45, 7) is 2.42. The van der Waals surface area contributed by atoms with Gasteiger partial charge in [-0.25, -0.2) is 4.98 Å². The predicted octanol–water partition coefficient (Wildman–Crippen LogP) is 2.68. The number of aliphatic hydroxyl groups is 1. The highest BCUT2D eigenvalue weighted by Gasteiger charge is 2.04. The molecule has 2 N–H and O–H groups in total. The van der Waals surface area contributed by atoms with E-state index in [1.54, 1.807) is 12.3 Å². The molecule has 0 aromatic carbocycles. The molecule has 0 saturated carbocycles. The van der Waals surface area contributed by atoms with E-state index < -0.39 is 0 Å². The molecule has 1 heterocycles. The van der Waals surface area contributed by atoms with E-state index in [1.807, 2.05) is 6.92 Å². The van der Waals surface area contributed by atoms with Crippen LogP contribution in [0.2, 0.25) is 5.02 Å². The second kappa shape index (κ2) is 5.53. The SMILES string of the molecule is CC[C@H](O)CNc1ncc(Cl)cc1Br. The third-order valence-electron chi connectivity index (χ3n) is 1.78. The number of halogens is 2. The molecule has 0 aliphatic carbocycles. The third-order valence-corrected chi connectivity index (χ3v) is 2.60. The Labute approximate surface area is 96.6 Å². The van der Waals surface area contributed by atoms with Gasteiger partial charge in [-0.3, -0.25) is 0 Å². The first kappa shape index (κ1) is 11.8. The van der Waals surface area contributed by atoms with Crippen LogP contribution < -0.4 is 5.32 Å². The molecule has 3 nitrogen and oxygen atoms in total. The van der Waals surface area contributed by atoms with Crippen LogP contribution in [-0.4, -0.2) is 22.7 Å². The fraction of sp³-hybridized carbons (Fsp3) is 0.444. The lowest BCUT2D eigenvalue weighted by atomic mass is 10.3. The number of nitrogens with one attached hydrogen (secondary N) is 1. The lowest BCUT2D eigenvalue weighted by molar-refractivity contribution is 0.183. The normalized spacial score (nSPS) is 12.6. The van der Waals surface area contributed by atoms with Crippen molar-refractivity contribution in [2.24, 2.45) is 0 Å². The zero-order chi connectivity index (χ0) is 10.6. The Kier molecular flexibility index (Phi) is 4.65. The Hall–Kier alpha value is -0.320. The topological polar surface area (TPSA) is 45.1 Å². The first-order chi connectivity index (χ1) is 6.63. The van der Waals surface area contributed by atoms with Crippen LogP contribution >= 0.6 is 27.5 Å². The van der Waals surface area contributed by atoms with E-state index in [2.05, 4.69) is 26.2 Å². The maximum atomic E-state index is 9.33. The molecular weight excluding hydrogens is 267 g/mol. The number of aliphatic hydroxyl groups excluding tert-OH is 1. The molecule has 0 amide bonds. The van der Waals surface area contributed by atoms with Crippen LogP contribution in [0.1, 0.15) is 13.3 Å². The summed E-state index contributed by atoms with van der Waals surface area (Å²) in [6.07, 6.45) is 1.94. The number of nitrogens with zero attached hydrogens (tertiary/aromatic N) is 1. The molecule has 0 bridgehead atoms. The third kappa shape index (κ3) is 3.44. The molecule has 1 rings (SSSR count). The average molecular weight is 280 g/mol. The van der Waals surface area contributed by atoms with Gasteiger partial charge in [0, 0.05) is 12.7 Å². The molecular formula is C9H12BrClN2O. The number of aromatic nitrogens is 1. The fourth-order valence-corrected chi connectivity index (χ4v) is 1.68. The Morgan fingerprint density at radius 1 is 1.71 bits per heavy atom. The molecule has 14 heavy (non-hydrogen) atoms. The number of pyridine rings is 1. The summed E-state index contributed by atoms with van der Waals surface area (Å²) in [5.74, 6) is 0.696. The maximum absolute atomic E-state index is 9.33. The van der Waals surface area contributed by atoms with Crippen molar-refractivity contribution in [2.45, 2.75) is 19.4 Å². The Bertz CT molecular complexity index is 309. The van der Waals surface area contributed by atoms with Crippen molar-refractivity contribution in [3.05, 3.63) is 21.8 Å². The molecule has 78 valence electrons. The van der Waals surface area contributed by atoms with Crippen LogP contribution in [0.15, 0.2) is 16.7 Å². The molecule has 0 spiro atoms. The van der Waals surface area contributed by atoms with Gasteiger partial charge in [-0.1, -0.05) is 18.5 Å². The van der Waals surface area contributed by atoms with E-state index in [0.717, 1.165) is 10.9 Å². The van der Waals surface area contributed by atoms with Crippen molar-refractivity contribution < 1.29 is 5.11 Å². The van der Waals surface area contributed by atoms with Crippen LogP contribution in [-0.2, 0) is 0 Å². The minimum absolute atomic E-state index is 0.348. The molecule has 0 aliphatic rings. The van der Waals surface area contributed by atoms with Gasteiger partial charge in [0.25, 0.3) is 0 Å². The van der Waals surface area contributed by atoms with E-state index in [4.69, 9.17) is 11.6 Å². The van der Waals surface area contributed by atoms with E-state index in [1.165, 1.54) is 0 Å². The zero-order valence-corrected chi connectivity index (χ0v) is 10.1. The molecule has 1 aromatic rings. The van der Waals surface area contributed by atoms with E-state index in [-0.39, 0.29) is 6.10 Å². The van der Waals surface area contributed by atoms with Crippen LogP contribution in [0.4, 0.5) is 5.82 Å². The van der Waals surface area contributed by atoms with Gasteiger partial charge >= 0.3 is 0 Å². The number of hydrogen-bond donors (Lipinski definition) is 2. The first-order valence-corrected chi connectivity index (χ1v) is 5.53. The summed E-state index contributed by atoms with van der Waals surface area (Å²) in [4.78, 5) is 4.08. The van der Waals surface area contributed by atoms with E-state index in [9.17, 15) is 5.11 Å². The van der Waals surface area contributed by atoms with Gasteiger partial charge in [0.2, 0.25) is 0 Å². The highest BCUT2D eigenvalue weighted by atomic mass is 79.9. The molecule has 0 aliphatic heterocycles. The Morgan fingerprint density at radius 2 is 2.43 bits per heavy atom. The van der Waals surface area contributed by atoms with Gasteiger partial charge in [0.05, 0.1) is 15.6 Å². The monoisotopic (exact) mass is 278 g/mol. The smallest absolute Gasteiger partial charge is 0.140 e. The Morgan fingerprint density at radius 3 is 3.00 bits per heavy atom. The minimum Gasteiger partial charge on any atom is -0.391 e. The molecule has 0 saturated heterocycles. The largest absolute Gasteiger partial charge is 0.391 e. The van der Waals surface area contributed by atoms with E-state index >= 15 is 0 Å². The predicted molar refractivity (Wildman–Crippen MR) is 61.7 cm³/mol. The summed E-state index contributed by atoms with van der Waals surface area (Å²) >= 11 is 9.07. The quantitative estimate of drug-likeness (QED) is 0.891. The number of anilines is 1. The molecule has 0 fully saturated rings. The summed E-state index contributed by atoms with van der Waals surface area (Å²) in [6, 6.07) is 1.76. The van der Waals surface area contributed by atoms with Gasteiger partial charge in [0.1, 0.15) is 5.82 Å². The highest BCUT2D eigenvalue weighted by molar-refractivity contribution is 9.10. The highest BCUT2D eigenvalue weighted by Crippen LogP contribution is 2.22. The van der Waals surface area contributed by atoms with Gasteiger partial charge in [-0.2, -0.15) is 0 Å². The lowest BCUT2D eigenvalue weighted by Crippen LogP contribution is -2.18. The number of hydrogen-bond acceptors (Lipinski definition) is 3. The summed E-state index contributed by atoms with van der Waals surface area (Å²) in [5.41, 5.74) is 0. The van der Waals surface area contributed by atoms with Crippen molar-refractivity contribution >= 4 is 33.3 Å². The molecule has 1 aromatic heterocycles. The van der Waals surface area contributed by atoms with Crippen molar-refractivity contribution in [3.8, 4) is 0 Å². The van der Waals surface area contributed by atoms with Gasteiger partial charge in [0.15, 0.2) is 0 Å². The summed E-state index contributed by atoms with van der Waals surface area (Å²) in [7, 11) is 0. The van der Waals surface area contributed by atoms with Gasteiger partial charge < -0.3 is 10.4 Å². The second-order valence-corrected chi connectivity index (χ2v) is 4.22. The summed E-state index contributed by atoms with van der Waals surface area (Å²) in [5, 5.41) is 12.9. The average Bonchev–Trinajstić information content (AvgIpc) is 2.16. The van der Waals surface area contributed by atoms with Crippen molar-refractivity contribution in [1.29, 1.82) is 0 Å². The van der Waals surface area contributed by atoms with Gasteiger partial charge in [-0.05, 0) is 28.4 Å². The Balaban J connectivity index is 2.59. The maximum Gasteiger partial charge on any atom is 0.140 e. The molecule has 5 heteroatoms. The molecule has 1 atom stereocenters. The second-order valence-electron chi connectivity index (χ2n) is 2.93. The number of rotatable bonds is 4. The van der Waals surface area contributed by atoms with Crippen molar-refractivity contribution in [2.75, 3.05) is 11.9 Å². The standard InChI is InChI=1S/C9H12BrClN2O/c1-2-7(14)5-13-9-8(10)3-6(11)4-12-9/h3-4,7,14H,2,5H2,1H3,(H,12,13)/t7-/m0/s1. The van der Waals surface area contributed by atoms with Crippen LogP contribution in [0, 0.1) is 0 Å². The van der Waals surface area contributed by atoms with Gasteiger partial charge in [-0.15, -0.1) is 0 Å². The van der Waals surface area contributed by atoms with Crippen molar-refractivity contribution in [1.82, 2.24) is 4.98 Å². The van der Waals surface area contributed by atoms with E-state index in [0.29, 0.717) is 17.4 Å². The zero-order valence-electron chi connectivity index (χ0n) is 7.80. The molecule has 0 radical (unpaired) electrons. The van der Waals surface area contributed by atoms with Crippen LogP contribution in [0.3, 0.4) is 0 Å². The molecule has 0 unspecified atom stereocenters. The van der Waals surface area contributed by atoms with Crippen LogP contribution in [0.25, 0.3) is 0 Å². The van der Waals surface area contributed by atoms with Crippen LogP contribution in [0.5, 0.6) is 0 Å². The fourth-order valence-electron chi connectivity index (χ4n) is 0.903. The first-order valence-electron chi connectivity index (χ1n) is 4.36. The minimum atomic E-state index is -0.348. The van der Waals surface area contributed by atoms with Crippen molar-refractivity contribution in [3.63, 3.8) is 0 Å². The lowest BCUT2D eigenvalue weighted by Gasteiger charge is -2.10. The summed E-state index contributed by atoms with van der Waals surface area (Å²) < 4.78 is 0.799.